The number of hydrogen-bond acceptors (Lipinski definition) is 3. The molecule has 1 saturated carbocycles. The SMILES string of the molecule is CCc1ccc(C(C)NCC2(CCO)CC2)s1. The lowest BCUT2D eigenvalue weighted by molar-refractivity contribution is 0.243. The van der Waals surface area contributed by atoms with E-state index < -0.39 is 0 Å². The van der Waals surface area contributed by atoms with Crippen LogP contribution in [0.3, 0.4) is 0 Å². The number of thiophene rings is 1. The molecule has 1 unspecified atom stereocenters. The molecule has 0 aromatic carbocycles. The van der Waals surface area contributed by atoms with Gasteiger partial charge in [-0.25, -0.2) is 0 Å². The summed E-state index contributed by atoms with van der Waals surface area (Å²) in [5.74, 6) is 0. The van der Waals surface area contributed by atoms with Gasteiger partial charge in [0.15, 0.2) is 0 Å². The molecule has 0 bridgehead atoms. The Bertz CT molecular complexity index is 357. The van der Waals surface area contributed by atoms with Crippen molar-refractivity contribution in [1.29, 1.82) is 0 Å². The van der Waals surface area contributed by atoms with Crippen LogP contribution in [0.5, 0.6) is 0 Å². The third-order valence-electron chi connectivity index (χ3n) is 3.84. The Balaban J connectivity index is 1.82. The monoisotopic (exact) mass is 253 g/mol. The summed E-state index contributed by atoms with van der Waals surface area (Å²) in [6.45, 7) is 5.82. The summed E-state index contributed by atoms with van der Waals surface area (Å²) in [6, 6.07) is 4.92. The van der Waals surface area contributed by atoms with Crippen molar-refractivity contribution in [3.05, 3.63) is 21.9 Å². The maximum absolute atomic E-state index is 9.03. The Labute approximate surface area is 108 Å². The molecule has 0 spiro atoms. The Morgan fingerprint density at radius 2 is 2.24 bits per heavy atom. The third kappa shape index (κ3) is 3.30. The van der Waals surface area contributed by atoms with Crippen molar-refractivity contribution in [3.63, 3.8) is 0 Å². The molecule has 1 atom stereocenters. The lowest BCUT2D eigenvalue weighted by Gasteiger charge is -2.18. The first kappa shape index (κ1) is 13.1. The van der Waals surface area contributed by atoms with E-state index >= 15 is 0 Å². The van der Waals surface area contributed by atoms with Gasteiger partial charge in [0.1, 0.15) is 0 Å². The molecule has 1 fully saturated rings. The van der Waals surface area contributed by atoms with Gasteiger partial charge in [-0.15, -0.1) is 11.3 Å². The number of nitrogens with one attached hydrogen (secondary N) is 1. The van der Waals surface area contributed by atoms with Gasteiger partial charge in [0, 0.05) is 28.9 Å². The molecular formula is C14H23NOS. The van der Waals surface area contributed by atoms with Gasteiger partial charge in [-0.3, -0.25) is 0 Å². The summed E-state index contributed by atoms with van der Waals surface area (Å²) < 4.78 is 0. The quantitative estimate of drug-likeness (QED) is 0.782. The summed E-state index contributed by atoms with van der Waals surface area (Å²) in [4.78, 5) is 2.90. The summed E-state index contributed by atoms with van der Waals surface area (Å²) in [6.07, 6.45) is 4.64. The van der Waals surface area contributed by atoms with E-state index in [-0.39, 0.29) is 0 Å². The maximum atomic E-state index is 9.03. The lowest BCUT2D eigenvalue weighted by Crippen LogP contribution is -2.27. The van der Waals surface area contributed by atoms with Crippen LogP contribution in [0.15, 0.2) is 12.1 Å². The van der Waals surface area contributed by atoms with E-state index in [1.165, 1.54) is 22.6 Å². The molecule has 0 radical (unpaired) electrons. The summed E-state index contributed by atoms with van der Waals surface area (Å²) >= 11 is 1.91. The number of aliphatic hydroxyl groups excluding tert-OH is 1. The van der Waals surface area contributed by atoms with Crippen molar-refractivity contribution in [3.8, 4) is 0 Å². The van der Waals surface area contributed by atoms with Gasteiger partial charge in [-0.2, -0.15) is 0 Å². The van der Waals surface area contributed by atoms with Crippen LogP contribution in [0.1, 0.15) is 48.9 Å². The minimum atomic E-state index is 0.328. The van der Waals surface area contributed by atoms with Crippen LogP contribution >= 0.6 is 11.3 Å². The molecule has 2 rings (SSSR count). The second kappa shape index (κ2) is 5.51. The zero-order valence-corrected chi connectivity index (χ0v) is 11.6. The van der Waals surface area contributed by atoms with Crippen LogP contribution in [0.25, 0.3) is 0 Å². The van der Waals surface area contributed by atoms with Crippen molar-refractivity contribution in [1.82, 2.24) is 5.32 Å². The van der Waals surface area contributed by atoms with Crippen LogP contribution in [-0.2, 0) is 6.42 Å². The lowest BCUT2D eigenvalue weighted by atomic mass is 10.0. The largest absolute Gasteiger partial charge is 0.396 e. The van der Waals surface area contributed by atoms with Gasteiger partial charge in [0.05, 0.1) is 0 Å². The fourth-order valence-electron chi connectivity index (χ4n) is 2.22. The fourth-order valence-corrected chi connectivity index (χ4v) is 3.20. The van der Waals surface area contributed by atoms with Gasteiger partial charge < -0.3 is 10.4 Å². The molecular weight excluding hydrogens is 230 g/mol. The molecule has 1 aromatic rings. The first-order valence-corrected chi connectivity index (χ1v) is 7.43. The van der Waals surface area contributed by atoms with E-state index in [2.05, 4.69) is 31.3 Å². The Hall–Kier alpha value is -0.380. The Morgan fingerprint density at radius 3 is 2.76 bits per heavy atom. The van der Waals surface area contributed by atoms with E-state index in [1.807, 2.05) is 11.3 Å². The second-order valence-electron chi connectivity index (χ2n) is 5.23. The molecule has 1 heterocycles. The van der Waals surface area contributed by atoms with Crippen LogP contribution in [-0.4, -0.2) is 18.3 Å². The maximum Gasteiger partial charge on any atom is 0.0436 e. The standard InChI is InChI=1S/C14H23NOS/c1-3-12-4-5-13(17-12)11(2)15-10-14(6-7-14)8-9-16/h4-5,11,15-16H,3,6-10H2,1-2H3. The fraction of sp³-hybridized carbons (Fsp3) is 0.714. The van der Waals surface area contributed by atoms with Gasteiger partial charge >= 0.3 is 0 Å². The van der Waals surface area contributed by atoms with Crippen LogP contribution in [0.4, 0.5) is 0 Å². The molecule has 1 aromatic heterocycles. The highest BCUT2D eigenvalue weighted by Crippen LogP contribution is 2.48. The topological polar surface area (TPSA) is 32.3 Å². The van der Waals surface area contributed by atoms with Crippen molar-refractivity contribution in [2.45, 2.75) is 45.6 Å². The minimum Gasteiger partial charge on any atom is -0.396 e. The van der Waals surface area contributed by atoms with Gasteiger partial charge in [0.25, 0.3) is 0 Å². The molecule has 1 aliphatic rings. The zero-order valence-electron chi connectivity index (χ0n) is 10.8. The van der Waals surface area contributed by atoms with E-state index in [0.29, 0.717) is 18.1 Å². The highest BCUT2D eigenvalue weighted by atomic mass is 32.1. The number of aliphatic hydroxyl groups is 1. The van der Waals surface area contributed by atoms with Crippen molar-refractivity contribution in [2.24, 2.45) is 5.41 Å². The molecule has 1 aliphatic carbocycles. The molecule has 17 heavy (non-hydrogen) atoms. The summed E-state index contributed by atoms with van der Waals surface area (Å²) in [5, 5.41) is 12.7. The first-order valence-electron chi connectivity index (χ1n) is 6.62. The Kier molecular flexibility index (Phi) is 4.23. The van der Waals surface area contributed by atoms with Crippen molar-refractivity contribution < 1.29 is 5.11 Å². The van der Waals surface area contributed by atoms with Gasteiger partial charge in [0.2, 0.25) is 0 Å². The molecule has 3 heteroatoms. The number of rotatable bonds is 7. The van der Waals surface area contributed by atoms with Crippen LogP contribution in [0, 0.1) is 5.41 Å². The molecule has 0 amide bonds. The second-order valence-corrected chi connectivity index (χ2v) is 6.43. The highest BCUT2D eigenvalue weighted by molar-refractivity contribution is 7.12. The number of aryl methyl sites for hydroxylation is 1. The first-order chi connectivity index (χ1) is 8.19. The normalized spacial score (nSPS) is 19.2. The van der Waals surface area contributed by atoms with E-state index in [4.69, 9.17) is 5.11 Å². The third-order valence-corrected chi connectivity index (χ3v) is 5.25. The van der Waals surface area contributed by atoms with E-state index in [0.717, 1.165) is 19.4 Å². The summed E-state index contributed by atoms with van der Waals surface area (Å²) in [7, 11) is 0. The predicted octanol–water partition coefficient (Wildman–Crippen LogP) is 3.12. The van der Waals surface area contributed by atoms with E-state index in [1.54, 1.807) is 0 Å². The predicted molar refractivity (Wildman–Crippen MR) is 73.5 cm³/mol. The average Bonchev–Trinajstić information content (AvgIpc) is 2.93. The zero-order chi connectivity index (χ0) is 12.3. The minimum absolute atomic E-state index is 0.328. The molecule has 0 aliphatic heterocycles. The van der Waals surface area contributed by atoms with E-state index in [9.17, 15) is 0 Å². The average molecular weight is 253 g/mol. The van der Waals surface area contributed by atoms with Gasteiger partial charge in [-0.05, 0) is 50.2 Å². The van der Waals surface area contributed by atoms with Crippen molar-refractivity contribution >= 4 is 11.3 Å². The molecule has 0 saturated heterocycles. The molecule has 2 nitrogen and oxygen atoms in total. The highest BCUT2D eigenvalue weighted by Gasteiger charge is 2.41. The molecule has 96 valence electrons. The summed E-state index contributed by atoms with van der Waals surface area (Å²) in [5.41, 5.74) is 0.411. The van der Waals surface area contributed by atoms with Gasteiger partial charge in [-0.1, -0.05) is 6.92 Å². The van der Waals surface area contributed by atoms with Crippen LogP contribution < -0.4 is 5.32 Å². The Morgan fingerprint density at radius 1 is 1.47 bits per heavy atom. The smallest absolute Gasteiger partial charge is 0.0436 e. The van der Waals surface area contributed by atoms with Crippen molar-refractivity contribution in [2.75, 3.05) is 13.2 Å². The molecule has 2 N–H and O–H groups in total. The van der Waals surface area contributed by atoms with Crippen LogP contribution in [0.2, 0.25) is 0 Å². The number of hydrogen-bond donors (Lipinski definition) is 2.